The van der Waals surface area contributed by atoms with E-state index in [1.807, 2.05) is 11.4 Å². The van der Waals surface area contributed by atoms with Crippen LogP contribution in [0.3, 0.4) is 0 Å². The lowest BCUT2D eigenvalue weighted by Crippen LogP contribution is -2.39. The summed E-state index contributed by atoms with van der Waals surface area (Å²) in [6.07, 6.45) is 2.12. The molecule has 1 aromatic rings. The predicted octanol–water partition coefficient (Wildman–Crippen LogP) is 3.54. The van der Waals surface area contributed by atoms with Gasteiger partial charge in [0, 0.05) is 11.4 Å². The van der Waals surface area contributed by atoms with Crippen molar-refractivity contribution in [1.82, 2.24) is 10.6 Å². The Hall–Kier alpha value is -1.03. The van der Waals surface area contributed by atoms with Gasteiger partial charge in [0.1, 0.15) is 0 Å². The lowest BCUT2D eigenvalue weighted by atomic mass is 10.0. The zero-order valence-electron chi connectivity index (χ0n) is 10.8. The van der Waals surface area contributed by atoms with Crippen LogP contribution in [0.15, 0.2) is 17.5 Å². The summed E-state index contributed by atoms with van der Waals surface area (Å²) < 4.78 is 0. The minimum absolute atomic E-state index is 0.0643. The number of hydrogen-bond donors (Lipinski definition) is 2. The number of nitrogens with one attached hydrogen (secondary N) is 2. The Kier molecular flexibility index (Phi) is 6.05. The first-order chi connectivity index (χ1) is 8.15. The molecule has 1 aromatic heterocycles. The number of rotatable bonds is 6. The number of unbranched alkanes of at least 4 members (excludes halogenated alkanes) is 1. The van der Waals surface area contributed by atoms with E-state index in [9.17, 15) is 4.79 Å². The van der Waals surface area contributed by atoms with E-state index in [1.165, 1.54) is 4.88 Å². The average molecular weight is 254 g/mol. The standard InChI is InChI=1S/C13H22N2OS/c1-4-5-8-14-13(16)15-12(10(2)3)11-7-6-9-17-11/h6-7,9-10,12H,4-5,8H2,1-3H3,(H2,14,15,16). The zero-order valence-corrected chi connectivity index (χ0v) is 11.6. The molecule has 0 aliphatic rings. The van der Waals surface area contributed by atoms with Gasteiger partial charge in [-0.25, -0.2) is 4.79 Å². The van der Waals surface area contributed by atoms with Crippen LogP contribution in [0.4, 0.5) is 4.79 Å². The molecule has 0 bridgehead atoms. The molecule has 0 saturated carbocycles. The summed E-state index contributed by atoms with van der Waals surface area (Å²) in [5.74, 6) is 0.394. The SMILES string of the molecule is CCCCNC(=O)NC(c1cccs1)C(C)C. The highest BCUT2D eigenvalue weighted by Gasteiger charge is 2.18. The first-order valence-electron chi connectivity index (χ1n) is 6.23. The summed E-state index contributed by atoms with van der Waals surface area (Å²) in [7, 11) is 0. The lowest BCUT2D eigenvalue weighted by molar-refractivity contribution is 0.233. The van der Waals surface area contributed by atoms with Gasteiger partial charge >= 0.3 is 6.03 Å². The molecule has 1 unspecified atom stereocenters. The summed E-state index contributed by atoms with van der Waals surface area (Å²) in [5, 5.41) is 7.97. The van der Waals surface area contributed by atoms with Gasteiger partial charge in [-0.3, -0.25) is 0 Å². The molecule has 3 nitrogen and oxygen atoms in total. The molecule has 0 spiro atoms. The van der Waals surface area contributed by atoms with E-state index in [-0.39, 0.29) is 12.1 Å². The molecule has 0 saturated heterocycles. The van der Waals surface area contributed by atoms with Crippen molar-refractivity contribution >= 4 is 17.4 Å². The maximum absolute atomic E-state index is 11.7. The second-order valence-corrected chi connectivity index (χ2v) is 5.47. The maximum Gasteiger partial charge on any atom is 0.315 e. The maximum atomic E-state index is 11.7. The van der Waals surface area contributed by atoms with Gasteiger partial charge in [0.05, 0.1) is 6.04 Å². The number of urea groups is 1. The van der Waals surface area contributed by atoms with Crippen LogP contribution < -0.4 is 10.6 Å². The summed E-state index contributed by atoms with van der Waals surface area (Å²) in [4.78, 5) is 12.9. The number of hydrogen-bond acceptors (Lipinski definition) is 2. The van der Waals surface area contributed by atoms with Gasteiger partial charge in [-0.15, -0.1) is 11.3 Å². The molecule has 1 atom stereocenters. The molecule has 1 heterocycles. The van der Waals surface area contributed by atoms with E-state index >= 15 is 0 Å². The van der Waals surface area contributed by atoms with Crippen LogP contribution in [0.5, 0.6) is 0 Å². The van der Waals surface area contributed by atoms with Crippen LogP contribution in [0.25, 0.3) is 0 Å². The molecule has 0 aliphatic heterocycles. The second-order valence-electron chi connectivity index (χ2n) is 4.49. The van der Waals surface area contributed by atoms with Gasteiger partial charge in [0.15, 0.2) is 0 Å². The van der Waals surface area contributed by atoms with Crippen molar-refractivity contribution in [1.29, 1.82) is 0 Å². The Balaban J connectivity index is 2.48. The van der Waals surface area contributed by atoms with E-state index in [2.05, 4.69) is 37.5 Å². The number of carbonyl (C=O) groups is 1. The zero-order chi connectivity index (χ0) is 12.7. The normalized spacial score (nSPS) is 12.5. The van der Waals surface area contributed by atoms with Gasteiger partial charge in [0.25, 0.3) is 0 Å². The van der Waals surface area contributed by atoms with Crippen LogP contribution in [0, 0.1) is 5.92 Å². The van der Waals surface area contributed by atoms with Crippen LogP contribution >= 0.6 is 11.3 Å². The first-order valence-corrected chi connectivity index (χ1v) is 7.10. The van der Waals surface area contributed by atoms with Crippen molar-refractivity contribution in [2.75, 3.05) is 6.54 Å². The Labute approximate surface area is 108 Å². The molecule has 96 valence electrons. The number of amides is 2. The van der Waals surface area contributed by atoms with Crippen LogP contribution in [0.2, 0.25) is 0 Å². The minimum Gasteiger partial charge on any atom is -0.338 e. The number of thiophene rings is 1. The molecule has 0 aliphatic carbocycles. The van der Waals surface area contributed by atoms with Crippen molar-refractivity contribution < 1.29 is 4.79 Å². The third kappa shape index (κ3) is 4.77. The van der Waals surface area contributed by atoms with Gasteiger partial charge in [-0.1, -0.05) is 33.3 Å². The molecule has 2 amide bonds. The van der Waals surface area contributed by atoms with Crippen molar-refractivity contribution in [2.45, 2.75) is 39.7 Å². The quantitative estimate of drug-likeness (QED) is 0.749. The van der Waals surface area contributed by atoms with Crippen LogP contribution in [-0.2, 0) is 0 Å². The van der Waals surface area contributed by atoms with Crippen molar-refractivity contribution in [3.63, 3.8) is 0 Å². The van der Waals surface area contributed by atoms with Gasteiger partial charge in [-0.05, 0) is 23.8 Å². The smallest absolute Gasteiger partial charge is 0.315 e. The highest BCUT2D eigenvalue weighted by Crippen LogP contribution is 2.25. The Morgan fingerprint density at radius 2 is 2.24 bits per heavy atom. The number of carbonyl (C=O) groups excluding carboxylic acids is 1. The summed E-state index contributed by atoms with van der Waals surface area (Å²) in [5.41, 5.74) is 0. The van der Waals surface area contributed by atoms with Crippen molar-refractivity contribution in [3.05, 3.63) is 22.4 Å². The Morgan fingerprint density at radius 3 is 2.76 bits per heavy atom. The van der Waals surface area contributed by atoms with E-state index < -0.39 is 0 Å². The lowest BCUT2D eigenvalue weighted by Gasteiger charge is -2.21. The molecule has 0 fully saturated rings. The fourth-order valence-electron chi connectivity index (χ4n) is 1.61. The molecule has 4 heteroatoms. The summed E-state index contributed by atoms with van der Waals surface area (Å²) in [6, 6.07) is 4.13. The van der Waals surface area contributed by atoms with Gasteiger partial charge < -0.3 is 10.6 Å². The molecule has 0 radical (unpaired) electrons. The highest BCUT2D eigenvalue weighted by molar-refractivity contribution is 7.10. The van der Waals surface area contributed by atoms with E-state index in [1.54, 1.807) is 11.3 Å². The van der Waals surface area contributed by atoms with Gasteiger partial charge in [-0.2, -0.15) is 0 Å². The van der Waals surface area contributed by atoms with Crippen molar-refractivity contribution in [2.24, 2.45) is 5.92 Å². The fraction of sp³-hybridized carbons (Fsp3) is 0.615. The average Bonchev–Trinajstić information content (AvgIpc) is 2.79. The third-order valence-corrected chi connectivity index (χ3v) is 3.57. The molecule has 2 N–H and O–H groups in total. The van der Waals surface area contributed by atoms with E-state index in [0.29, 0.717) is 5.92 Å². The second kappa shape index (κ2) is 7.33. The molecule has 1 rings (SSSR count). The van der Waals surface area contributed by atoms with Crippen LogP contribution in [-0.4, -0.2) is 12.6 Å². The van der Waals surface area contributed by atoms with E-state index in [4.69, 9.17) is 0 Å². The Morgan fingerprint density at radius 1 is 1.47 bits per heavy atom. The highest BCUT2D eigenvalue weighted by atomic mass is 32.1. The minimum atomic E-state index is -0.0643. The molecular formula is C13H22N2OS. The van der Waals surface area contributed by atoms with E-state index in [0.717, 1.165) is 19.4 Å². The summed E-state index contributed by atoms with van der Waals surface area (Å²) >= 11 is 1.69. The van der Waals surface area contributed by atoms with Crippen molar-refractivity contribution in [3.8, 4) is 0 Å². The third-order valence-electron chi connectivity index (χ3n) is 2.62. The molecular weight excluding hydrogens is 232 g/mol. The fourth-order valence-corrected chi connectivity index (χ4v) is 2.55. The monoisotopic (exact) mass is 254 g/mol. The summed E-state index contributed by atoms with van der Waals surface area (Å²) in [6.45, 7) is 7.10. The largest absolute Gasteiger partial charge is 0.338 e. The topological polar surface area (TPSA) is 41.1 Å². The molecule has 17 heavy (non-hydrogen) atoms. The van der Waals surface area contributed by atoms with Crippen LogP contribution in [0.1, 0.15) is 44.5 Å². The first kappa shape index (κ1) is 14.0. The van der Waals surface area contributed by atoms with Gasteiger partial charge in [0.2, 0.25) is 0 Å². The Bertz CT molecular complexity index is 322. The predicted molar refractivity (Wildman–Crippen MR) is 73.3 cm³/mol. The molecule has 0 aromatic carbocycles.